The van der Waals surface area contributed by atoms with Crippen LogP contribution in [-0.2, 0) is 4.74 Å². The monoisotopic (exact) mass is 344 g/mol. The molecule has 0 amide bonds. The molecule has 5 heteroatoms. The van der Waals surface area contributed by atoms with Crippen LogP contribution in [-0.4, -0.2) is 11.2 Å². The van der Waals surface area contributed by atoms with Crippen molar-refractivity contribution in [1.29, 1.82) is 0 Å². The van der Waals surface area contributed by atoms with Gasteiger partial charge < -0.3 is 4.74 Å². The Morgan fingerprint density at radius 1 is 1.40 bits per heavy atom. The predicted octanol–water partition coefficient (Wildman–Crippen LogP) is 3.69. The van der Waals surface area contributed by atoms with Crippen molar-refractivity contribution >= 4 is 15.9 Å². The minimum Gasteiger partial charge on any atom is -0.369 e. The van der Waals surface area contributed by atoms with Crippen LogP contribution in [0.1, 0.15) is 45.7 Å². The lowest BCUT2D eigenvalue weighted by Gasteiger charge is -2.33. The average Bonchev–Trinajstić information content (AvgIpc) is 2.54. The van der Waals surface area contributed by atoms with Crippen molar-refractivity contribution in [3.63, 3.8) is 0 Å². The van der Waals surface area contributed by atoms with Crippen molar-refractivity contribution in [1.82, 2.24) is 5.43 Å². The number of hydrogen-bond donors (Lipinski definition) is 2. The van der Waals surface area contributed by atoms with E-state index in [-0.39, 0.29) is 29.0 Å². The zero-order valence-electron chi connectivity index (χ0n) is 12.3. The molecule has 0 bridgehead atoms. The maximum Gasteiger partial charge on any atom is 0.142 e. The lowest BCUT2D eigenvalue weighted by molar-refractivity contribution is -0.0779. The molecule has 1 aromatic rings. The summed E-state index contributed by atoms with van der Waals surface area (Å²) in [6.07, 6.45) is 0.820. The number of nitrogens with two attached hydrogens (primary N) is 1. The van der Waals surface area contributed by atoms with Gasteiger partial charge in [0.2, 0.25) is 0 Å². The molecule has 1 fully saturated rings. The molecule has 2 atom stereocenters. The van der Waals surface area contributed by atoms with E-state index in [0.717, 1.165) is 6.42 Å². The van der Waals surface area contributed by atoms with Crippen LogP contribution in [0.15, 0.2) is 22.7 Å². The normalized spacial score (nSPS) is 25.6. The lowest BCUT2D eigenvalue weighted by atomic mass is 9.79. The summed E-state index contributed by atoms with van der Waals surface area (Å²) in [7, 11) is 0. The summed E-state index contributed by atoms with van der Waals surface area (Å²) in [6.45, 7) is 8.18. The second-order valence-electron chi connectivity index (χ2n) is 6.56. The van der Waals surface area contributed by atoms with Gasteiger partial charge in [-0.1, -0.05) is 12.1 Å². The summed E-state index contributed by atoms with van der Waals surface area (Å²) in [4.78, 5) is 0. The van der Waals surface area contributed by atoms with Crippen molar-refractivity contribution in [2.45, 2.75) is 51.4 Å². The second kappa shape index (κ2) is 5.37. The topological polar surface area (TPSA) is 47.3 Å². The third-order valence-corrected chi connectivity index (χ3v) is 4.65. The summed E-state index contributed by atoms with van der Waals surface area (Å²) in [5, 5.41) is 0. The molecule has 0 spiro atoms. The molecule has 0 aliphatic carbocycles. The minimum atomic E-state index is -0.366. The Morgan fingerprint density at radius 2 is 2.05 bits per heavy atom. The fourth-order valence-electron chi connectivity index (χ4n) is 3.31. The Hall–Kier alpha value is -0.490. The zero-order valence-corrected chi connectivity index (χ0v) is 13.9. The highest BCUT2D eigenvalue weighted by atomic mass is 79.9. The summed E-state index contributed by atoms with van der Waals surface area (Å²) < 4.78 is 20.9. The van der Waals surface area contributed by atoms with E-state index in [0.29, 0.717) is 10.0 Å². The highest BCUT2D eigenvalue weighted by Gasteiger charge is 2.49. The number of halogens is 2. The molecule has 112 valence electrons. The quantitative estimate of drug-likeness (QED) is 0.649. The first-order valence-corrected chi connectivity index (χ1v) is 7.57. The van der Waals surface area contributed by atoms with Gasteiger partial charge in [-0.25, -0.2) is 4.39 Å². The smallest absolute Gasteiger partial charge is 0.142 e. The van der Waals surface area contributed by atoms with Gasteiger partial charge in [-0.15, -0.1) is 0 Å². The maximum atomic E-state index is 14.4. The molecule has 0 aromatic heterocycles. The molecule has 3 N–H and O–H groups in total. The molecule has 1 aromatic carbocycles. The molecule has 1 aliphatic rings. The molecule has 2 unspecified atom stereocenters. The first-order valence-electron chi connectivity index (χ1n) is 6.78. The fraction of sp³-hybridized carbons (Fsp3) is 0.600. The SMILES string of the molecule is CC1(C)CC(C(NN)c2cccc(Br)c2F)C(C)(C)O1. The molecule has 0 radical (unpaired) electrons. The van der Waals surface area contributed by atoms with Crippen LogP contribution in [0.25, 0.3) is 0 Å². The van der Waals surface area contributed by atoms with Gasteiger partial charge in [0.25, 0.3) is 0 Å². The number of nitrogens with one attached hydrogen (secondary N) is 1. The highest BCUT2D eigenvalue weighted by molar-refractivity contribution is 9.10. The molecular weight excluding hydrogens is 323 g/mol. The average molecular weight is 345 g/mol. The van der Waals surface area contributed by atoms with Gasteiger partial charge in [0.05, 0.1) is 21.7 Å². The van der Waals surface area contributed by atoms with Gasteiger partial charge in [-0.05, 0) is 56.1 Å². The Kier molecular flexibility index (Phi) is 4.27. The van der Waals surface area contributed by atoms with Crippen LogP contribution in [0.4, 0.5) is 4.39 Å². The van der Waals surface area contributed by atoms with E-state index < -0.39 is 0 Å². The first kappa shape index (κ1) is 15.9. The van der Waals surface area contributed by atoms with Crippen LogP contribution >= 0.6 is 15.9 Å². The molecule has 2 rings (SSSR count). The van der Waals surface area contributed by atoms with E-state index in [4.69, 9.17) is 10.6 Å². The van der Waals surface area contributed by atoms with E-state index in [9.17, 15) is 4.39 Å². The standard InChI is InChI=1S/C15H22BrFN2O/c1-14(2)8-10(15(3,4)20-14)13(19-18)9-6-5-7-11(16)12(9)17/h5-7,10,13,19H,8,18H2,1-4H3. The summed E-state index contributed by atoms with van der Waals surface area (Å²) in [5.74, 6) is 5.55. The van der Waals surface area contributed by atoms with Crippen LogP contribution in [0.5, 0.6) is 0 Å². The van der Waals surface area contributed by atoms with Crippen molar-refractivity contribution in [3.8, 4) is 0 Å². The van der Waals surface area contributed by atoms with Crippen LogP contribution in [0, 0.1) is 11.7 Å². The van der Waals surface area contributed by atoms with Gasteiger partial charge in [0, 0.05) is 11.5 Å². The number of hydrogen-bond acceptors (Lipinski definition) is 3. The van der Waals surface area contributed by atoms with Gasteiger partial charge in [-0.3, -0.25) is 11.3 Å². The Bertz CT molecular complexity index is 505. The zero-order chi connectivity index (χ0) is 15.1. The molecule has 1 heterocycles. The third-order valence-electron chi connectivity index (χ3n) is 4.04. The number of benzene rings is 1. The van der Waals surface area contributed by atoms with E-state index in [1.54, 1.807) is 12.1 Å². The Balaban J connectivity index is 2.40. The van der Waals surface area contributed by atoms with Gasteiger partial charge in [0.1, 0.15) is 5.82 Å². The third kappa shape index (κ3) is 2.91. The molecule has 0 saturated carbocycles. The molecule has 1 aliphatic heterocycles. The Labute approximate surface area is 128 Å². The number of rotatable bonds is 3. The largest absolute Gasteiger partial charge is 0.369 e. The van der Waals surface area contributed by atoms with Gasteiger partial charge >= 0.3 is 0 Å². The van der Waals surface area contributed by atoms with Crippen LogP contribution in [0.3, 0.4) is 0 Å². The molecule has 3 nitrogen and oxygen atoms in total. The summed E-state index contributed by atoms with van der Waals surface area (Å²) in [5.41, 5.74) is 2.76. The van der Waals surface area contributed by atoms with Crippen molar-refractivity contribution in [2.24, 2.45) is 11.8 Å². The van der Waals surface area contributed by atoms with Gasteiger partial charge in [0.15, 0.2) is 0 Å². The lowest BCUT2D eigenvalue weighted by Crippen LogP contribution is -2.41. The predicted molar refractivity (Wildman–Crippen MR) is 81.5 cm³/mol. The maximum absolute atomic E-state index is 14.4. The molecule has 1 saturated heterocycles. The van der Waals surface area contributed by atoms with E-state index >= 15 is 0 Å². The van der Waals surface area contributed by atoms with Crippen molar-refractivity contribution in [2.75, 3.05) is 0 Å². The molecular formula is C15H22BrFN2O. The van der Waals surface area contributed by atoms with Crippen LogP contribution < -0.4 is 11.3 Å². The van der Waals surface area contributed by atoms with E-state index in [1.807, 2.05) is 19.9 Å². The Morgan fingerprint density at radius 3 is 2.55 bits per heavy atom. The number of ether oxygens (including phenoxy) is 1. The van der Waals surface area contributed by atoms with Crippen molar-refractivity contribution in [3.05, 3.63) is 34.1 Å². The van der Waals surface area contributed by atoms with E-state index in [2.05, 4.69) is 35.2 Å². The van der Waals surface area contributed by atoms with Gasteiger partial charge in [-0.2, -0.15) is 0 Å². The summed E-state index contributed by atoms with van der Waals surface area (Å²) in [6, 6.07) is 4.99. The van der Waals surface area contributed by atoms with E-state index in [1.165, 1.54) is 0 Å². The van der Waals surface area contributed by atoms with Crippen molar-refractivity contribution < 1.29 is 9.13 Å². The minimum absolute atomic E-state index is 0.0892. The first-order chi connectivity index (χ1) is 9.18. The van der Waals surface area contributed by atoms with Crippen LogP contribution in [0.2, 0.25) is 0 Å². The summed E-state index contributed by atoms with van der Waals surface area (Å²) >= 11 is 3.23. The number of hydrazine groups is 1. The molecule has 20 heavy (non-hydrogen) atoms. The fourth-order valence-corrected chi connectivity index (χ4v) is 3.69. The highest BCUT2D eigenvalue weighted by Crippen LogP contribution is 2.48. The second-order valence-corrected chi connectivity index (χ2v) is 7.42.